The number of hydrogen-bond donors (Lipinski definition) is 2. The molecule has 0 atom stereocenters. The third-order valence-electron chi connectivity index (χ3n) is 5.17. The maximum atomic E-state index is 12.8. The van der Waals surface area contributed by atoms with E-state index >= 15 is 0 Å². The number of amides is 1. The van der Waals surface area contributed by atoms with Crippen molar-refractivity contribution in [2.45, 2.75) is 13.5 Å². The van der Waals surface area contributed by atoms with Crippen molar-refractivity contribution in [3.8, 4) is 28.6 Å². The van der Waals surface area contributed by atoms with Crippen LogP contribution in [-0.2, 0) is 6.54 Å². The van der Waals surface area contributed by atoms with Crippen molar-refractivity contribution in [3.63, 3.8) is 0 Å². The van der Waals surface area contributed by atoms with Gasteiger partial charge in [0.05, 0.1) is 38.3 Å². The number of carbonyl (C=O) groups excluding carboxylic acids is 1. The van der Waals surface area contributed by atoms with Crippen LogP contribution >= 0.6 is 0 Å². The Balaban J connectivity index is 1.62. The number of methoxy groups -OCH3 is 3. The Hall–Kier alpha value is -3.94. The van der Waals surface area contributed by atoms with Gasteiger partial charge in [0.1, 0.15) is 17.2 Å². The lowest BCUT2D eigenvalue weighted by atomic mass is 10.1. The summed E-state index contributed by atoms with van der Waals surface area (Å²) in [5.41, 5.74) is 3.26. The van der Waals surface area contributed by atoms with Crippen molar-refractivity contribution >= 4 is 22.6 Å². The van der Waals surface area contributed by atoms with Gasteiger partial charge in [-0.15, -0.1) is 0 Å². The number of aromatic nitrogens is 3. The van der Waals surface area contributed by atoms with E-state index in [1.807, 2.05) is 24.3 Å². The smallest absolute Gasteiger partial charge is 0.260 e. The maximum Gasteiger partial charge on any atom is 0.260 e. The summed E-state index contributed by atoms with van der Waals surface area (Å²) < 4.78 is 18.0. The van der Waals surface area contributed by atoms with Crippen molar-refractivity contribution in [2.75, 3.05) is 26.6 Å². The minimum absolute atomic E-state index is 0.321. The molecular weight excluding hydrogens is 396 g/mol. The van der Waals surface area contributed by atoms with Gasteiger partial charge in [0, 0.05) is 29.6 Å². The lowest BCUT2D eigenvalue weighted by Gasteiger charge is -2.09. The van der Waals surface area contributed by atoms with Gasteiger partial charge in [-0.05, 0) is 43.3 Å². The first-order valence-corrected chi connectivity index (χ1v) is 9.84. The van der Waals surface area contributed by atoms with Gasteiger partial charge >= 0.3 is 0 Å². The largest absolute Gasteiger partial charge is 0.497 e. The summed E-state index contributed by atoms with van der Waals surface area (Å²) in [5, 5.41) is 11.2. The number of nitrogens with zero attached hydrogens (tertiary/aromatic N) is 2. The van der Waals surface area contributed by atoms with Gasteiger partial charge in [-0.3, -0.25) is 9.89 Å². The Labute approximate surface area is 179 Å². The van der Waals surface area contributed by atoms with Crippen molar-refractivity contribution in [1.29, 1.82) is 0 Å². The van der Waals surface area contributed by atoms with Crippen LogP contribution in [0.15, 0.2) is 48.5 Å². The Kier molecular flexibility index (Phi) is 5.53. The molecule has 2 aromatic heterocycles. The lowest BCUT2D eigenvalue weighted by Crippen LogP contribution is -2.13. The minimum Gasteiger partial charge on any atom is -0.497 e. The molecule has 0 unspecified atom stereocenters. The van der Waals surface area contributed by atoms with Gasteiger partial charge in [-0.2, -0.15) is 5.10 Å². The molecule has 31 heavy (non-hydrogen) atoms. The molecule has 8 nitrogen and oxygen atoms in total. The molecule has 0 radical (unpaired) electrons. The fourth-order valence-electron chi connectivity index (χ4n) is 3.63. The standard InChI is InChI=1S/C23H24N4O4/c1-5-27-19-9-7-15(29-2)10-14(19)11-20(27)18-13-22(26-25-18)24-23(28)17-8-6-16(30-3)12-21(17)31-4/h6-13H,5H2,1-4H3,(H2,24,25,26,28). The lowest BCUT2D eigenvalue weighted by molar-refractivity contribution is 0.102. The van der Waals surface area contributed by atoms with Gasteiger partial charge < -0.3 is 24.1 Å². The van der Waals surface area contributed by atoms with E-state index in [-0.39, 0.29) is 5.91 Å². The highest BCUT2D eigenvalue weighted by Crippen LogP contribution is 2.31. The SMILES string of the molecule is CCn1c(-c2cc(NC(=O)c3ccc(OC)cc3OC)n[nH]2)cc2cc(OC)ccc21. The zero-order valence-electron chi connectivity index (χ0n) is 17.9. The Morgan fingerprint density at radius 2 is 1.74 bits per heavy atom. The summed E-state index contributed by atoms with van der Waals surface area (Å²) in [5.74, 6) is 1.94. The Morgan fingerprint density at radius 3 is 2.45 bits per heavy atom. The number of nitrogens with one attached hydrogen (secondary N) is 2. The van der Waals surface area contributed by atoms with Crippen LogP contribution in [-0.4, -0.2) is 42.0 Å². The molecule has 0 aliphatic rings. The number of anilines is 1. The topological polar surface area (TPSA) is 90.4 Å². The van der Waals surface area contributed by atoms with Gasteiger partial charge in [-0.25, -0.2) is 0 Å². The molecule has 0 aliphatic heterocycles. The van der Waals surface area contributed by atoms with E-state index in [9.17, 15) is 4.79 Å². The maximum absolute atomic E-state index is 12.8. The number of carbonyl (C=O) groups is 1. The first kappa shape index (κ1) is 20.3. The zero-order valence-corrected chi connectivity index (χ0v) is 17.9. The second-order valence-corrected chi connectivity index (χ2v) is 6.89. The third-order valence-corrected chi connectivity index (χ3v) is 5.17. The molecular formula is C23H24N4O4. The van der Waals surface area contributed by atoms with E-state index in [4.69, 9.17) is 14.2 Å². The van der Waals surface area contributed by atoms with Crippen LogP contribution in [0.25, 0.3) is 22.3 Å². The Morgan fingerprint density at radius 1 is 1.00 bits per heavy atom. The van der Waals surface area contributed by atoms with Crippen LogP contribution in [0.5, 0.6) is 17.2 Å². The summed E-state index contributed by atoms with van der Waals surface area (Å²) in [7, 11) is 4.72. The molecule has 8 heteroatoms. The summed E-state index contributed by atoms with van der Waals surface area (Å²) in [6.07, 6.45) is 0. The molecule has 2 aromatic carbocycles. The molecule has 0 saturated carbocycles. The molecule has 4 aromatic rings. The van der Waals surface area contributed by atoms with Crippen molar-refractivity contribution < 1.29 is 19.0 Å². The zero-order chi connectivity index (χ0) is 22.0. The fraction of sp³-hybridized carbons (Fsp3) is 0.217. The number of aromatic amines is 1. The number of hydrogen-bond acceptors (Lipinski definition) is 5. The molecule has 4 rings (SSSR count). The van der Waals surface area contributed by atoms with E-state index in [0.29, 0.717) is 22.9 Å². The van der Waals surface area contributed by atoms with Gasteiger partial charge in [0.2, 0.25) is 0 Å². The number of H-pyrrole nitrogens is 1. The highest BCUT2D eigenvalue weighted by Gasteiger charge is 2.17. The molecule has 0 spiro atoms. The number of rotatable bonds is 7. The van der Waals surface area contributed by atoms with Crippen LogP contribution in [0, 0.1) is 0 Å². The molecule has 0 bridgehead atoms. The molecule has 1 amide bonds. The van der Waals surface area contributed by atoms with E-state index in [2.05, 4.69) is 33.1 Å². The second kappa shape index (κ2) is 8.43. The highest BCUT2D eigenvalue weighted by molar-refractivity contribution is 6.06. The van der Waals surface area contributed by atoms with Crippen LogP contribution in [0.3, 0.4) is 0 Å². The number of fused-ring (bicyclic) bond motifs is 1. The monoisotopic (exact) mass is 420 g/mol. The molecule has 0 saturated heterocycles. The van der Waals surface area contributed by atoms with Crippen LogP contribution < -0.4 is 19.5 Å². The van der Waals surface area contributed by atoms with Gasteiger partial charge in [-0.1, -0.05) is 0 Å². The minimum atomic E-state index is -0.321. The molecule has 0 fully saturated rings. The van der Waals surface area contributed by atoms with E-state index in [1.54, 1.807) is 32.4 Å². The van der Waals surface area contributed by atoms with E-state index in [1.165, 1.54) is 7.11 Å². The quantitative estimate of drug-likeness (QED) is 0.464. The summed E-state index contributed by atoms with van der Waals surface area (Å²) in [4.78, 5) is 12.8. The Bertz CT molecular complexity index is 1240. The molecule has 2 N–H and O–H groups in total. The number of benzene rings is 2. The number of ether oxygens (including phenoxy) is 3. The summed E-state index contributed by atoms with van der Waals surface area (Å²) in [6, 6.07) is 14.9. The van der Waals surface area contributed by atoms with Gasteiger partial charge in [0.25, 0.3) is 5.91 Å². The van der Waals surface area contributed by atoms with Crippen molar-refractivity contribution in [2.24, 2.45) is 0 Å². The second-order valence-electron chi connectivity index (χ2n) is 6.89. The summed E-state index contributed by atoms with van der Waals surface area (Å²) >= 11 is 0. The fourth-order valence-corrected chi connectivity index (χ4v) is 3.63. The highest BCUT2D eigenvalue weighted by atomic mass is 16.5. The van der Waals surface area contributed by atoms with Crippen molar-refractivity contribution in [1.82, 2.24) is 14.8 Å². The van der Waals surface area contributed by atoms with E-state index < -0.39 is 0 Å². The summed E-state index contributed by atoms with van der Waals surface area (Å²) in [6.45, 7) is 2.87. The molecule has 0 aliphatic carbocycles. The first-order chi connectivity index (χ1) is 15.1. The average Bonchev–Trinajstić information content (AvgIpc) is 3.41. The number of aryl methyl sites for hydroxylation is 1. The van der Waals surface area contributed by atoms with E-state index in [0.717, 1.165) is 34.6 Å². The predicted octanol–water partition coefficient (Wildman–Crippen LogP) is 4.33. The van der Waals surface area contributed by atoms with Crippen LogP contribution in [0.2, 0.25) is 0 Å². The van der Waals surface area contributed by atoms with Crippen molar-refractivity contribution in [3.05, 3.63) is 54.1 Å². The third kappa shape index (κ3) is 3.79. The molecule has 2 heterocycles. The van der Waals surface area contributed by atoms with Crippen LogP contribution in [0.1, 0.15) is 17.3 Å². The first-order valence-electron chi connectivity index (χ1n) is 9.84. The normalized spacial score (nSPS) is 10.8. The average molecular weight is 420 g/mol. The van der Waals surface area contributed by atoms with Gasteiger partial charge in [0.15, 0.2) is 5.82 Å². The van der Waals surface area contributed by atoms with Crippen LogP contribution in [0.4, 0.5) is 5.82 Å². The predicted molar refractivity (Wildman–Crippen MR) is 119 cm³/mol. The molecule has 160 valence electrons.